The van der Waals surface area contributed by atoms with Gasteiger partial charge < -0.3 is 4.42 Å². The van der Waals surface area contributed by atoms with Crippen molar-refractivity contribution in [2.24, 2.45) is 0 Å². The molecule has 3 aromatic rings. The quantitative estimate of drug-likeness (QED) is 0.807. The molecule has 7 heteroatoms. The van der Waals surface area contributed by atoms with E-state index in [9.17, 15) is 12.8 Å². The van der Waals surface area contributed by atoms with Gasteiger partial charge in [-0.1, -0.05) is 0 Å². The second-order valence-electron chi connectivity index (χ2n) is 4.47. The van der Waals surface area contributed by atoms with E-state index < -0.39 is 15.8 Å². The number of nitrogens with zero attached hydrogens (tertiary/aromatic N) is 1. The highest BCUT2D eigenvalue weighted by Gasteiger charge is 2.16. The maximum Gasteiger partial charge on any atom is 0.262 e. The third-order valence-electron chi connectivity index (χ3n) is 2.87. The van der Waals surface area contributed by atoms with Crippen molar-refractivity contribution >= 4 is 26.8 Å². The molecular weight excluding hydrogens is 295 g/mol. The Balaban J connectivity index is 1.97. The molecule has 0 aliphatic carbocycles. The maximum atomic E-state index is 12.8. The molecule has 0 saturated carbocycles. The van der Waals surface area contributed by atoms with Gasteiger partial charge in [-0.2, -0.15) is 0 Å². The van der Waals surface area contributed by atoms with E-state index in [2.05, 4.69) is 9.71 Å². The molecule has 0 saturated heterocycles. The van der Waals surface area contributed by atoms with Crippen LogP contribution >= 0.6 is 0 Å². The molecule has 0 unspecified atom stereocenters. The minimum absolute atomic E-state index is 0.0514. The van der Waals surface area contributed by atoms with Crippen molar-refractivity contribution in [1.29, 1.82) is 0 Å². The monoisotopic (exact) mass is 306 g/mol. The van der Waals surface area contributed by atoms with E-state index in [0.29, 0.717) is 17.0 Å². The summed E-state index contributed by atoms with van der Waals surface area (Å²) in [5.41, 5.74) is 1.27. The highest BCUT2D eigenvalue weighted by atomic mass is 32.2. The Bertz CT molecular complexity index is 902. The number of benzene rings is 2. The third-order valence-corrected chi connectivity index (χ3v) is 4.25. The first-order valence-corrected chi connectivity index (χ1v) is 7.58. The van der Waals surface area contributed by atoms with Crippen LogP contribution in [0.2, 0.25) is 0 Å². The fraction of sp³-hybridized carbons (Fsp3) is 0.0714. The van der Waals surface area contributed by atoms with Crippen molar-refractivity contribution in [3.8, 4) is 0 Å². The predicted octanol–water partition coefficient (Wildman–Crippen LogP) is 3.08. The molecule has 0 bridgehead atoms. The molecule has 1 heterocycles. The summed E-state index contributed by atoms with van der Waals surface area (Å²) < 4.78 is 45.1. The zero-order valence-electron chi connectivity index (χ0n) is 11.0. The molecule has 0 aliphatic rings. The van der Waals surface area contributed by atoms with Gasteiger partial charge in [-0.3, -0.25) is 4.72 Å². The Kier molecular flexibility index (Phi) is 3.13. The average molecular weight is 306 g/mol. The fourth-order valence-corrected chi connectivity index (χ4v) is 2.99. The van der Waals surface area contributed by atoms with Gasteiger partial charge in [0.2, 0.25) is 0 Å². The highest BCUT2D eigenvalue weighted by molar-refractivity contribution is 7.92. The normalized spacial score (nSPS) is 11.7. The van der Waals surface area contributed by atoms with E-state index in [1.54, 1.807) is 13.0 Å². The summed E-state index contributed by atoms with van der Waals surface area (Å²) in [6.07, 6.45) is 0. The molecule has 108 valence electrons. The number of hydrogen-bond donors (Lipinski definition) is 1. The van der Waals surface area contributed by atoms with Gasteiger partial charge in [-0.15, -0.1) is 0 Å². The van der Waals surface area contributed by atoms with Gasteiger partial charge in [0.25, 0.3) is 10.0 Å². The minimum atomic E-state index is -3.77. The predicted molar refractivity (Wildman–Crippen MR) is 76.0 cm³/mol. The summed E-state index contributed by atoms with van der Waals surface area (Å²) in [5.74, 6) is 0.0301. The van der Waals surface area contributed by atoms with Gasteiger partial charge in [0.15, 0.2) is 11.5 Å². The number of fused-ring (bicyclic) bond motifs is 1. The molecule has 0 atom stereocenters. The number of nitrogens with one attached hydrogen (secondary N) is 1. The van der Waals surface area contributed by atoms with E-state index >= 15 is 0 Å². The molecule has 2 aromatic carbocycles. The summed E-state index contributed by atoms with van der Waals surface area (Å²) in [6.45, 7) is 1.69. The fourth-order valence-electron chi connectivity index (χ4n) is 1.92. The second-order valence-corrected chi connectivity index (χ2v) is 6.16. The average Bonchev–Trinajstić information content (AvgIpc) is 2.80. The molecule has 0 spiro atoms. The Labute approximate surface area is 120 Å². The molecule has 0 amide bonds. The summed E-state index contributed by atoms with van der Waals surface area (Å²) in [7, 11) is -3.77. The number of oxazole rings is 1. The second kappa shape index (κ2) is 4.85. The van der Waals surface area contributed by atoms with Crippen LogP contribution in [-0.2, 0) is 10.0 Å². The Morgan fingerprint density at radius 1 is 1.14 bits per heavy atom. The lowest BCUT2D eigenvalue weighted by Crippen LogP contribution is -2.12. The molecule has 21 heavy (non-hydrogen) atoms. The molecule has 1 aromatic heterocycles. The summed E-state index contributed by atoms with van der Waals surface area (Å²) >= 11 is 0. The van der Waals surface area contributed by atoms with Crippen molar-refractivity contribution in [1.82, 2.24) is 4.98 Å². The first kappa shape index (κ1) is 13.6. The van der Waals surface area contributed by atoms with Gasteiger partial charge in [-0.05, 0) is 36.4 Å². The van der Waals surface area contributed by atoms with Crippen LogP contribution in [0.4, 0.5) is 10.1 Å². The van der Waals surface area contributed by atoms with Crippen LogP contribution in [-0.4, -0.2) is 13.4 Å². The van der Waals surface area contributed by atoms with E-state index in [1.807, 2.05) is 0 Å². The molecular formula is C14H11FN2O3S. The third kappa shape index (κ3) is 2.73. The van der Waals surface area contributed by atoms with Gasteiger partial charge in [0, 0.05) is 18.7 Å². The molecule has 0 aliphatic heterocycles. The first-order valence-electron chi connectivity index (χ1n) is 6.10. The molecule has 0 radical (unpaired) electrons. The lowest BCUT2D eigenvalue weighted by Gasteiger charge is -2.07. The van der Waals surface area contributed by atoms with Gasteiger partial charge in [0.05, 0.1) is 4.90 Å². The molecule has 0 fully saturated rings. The minimum Gasteiger partial charge on any atom is -0.441 e. The zero-order chi connectivity index (χ0) is 15.0. The van der Waals surface area contributed by atoms with Gasteiger partial charge >= 0.3 is 0 Å². The largest absolute Gasteiger partial charge is 0.441 e. The van der Waals surface area contributed by atoms with Crippen LogP contribution in [0.15, 0.2) is 51.8 Å². The molecule has 5 nitrogen and oxygen atoms in total. The highest BCUT2D eigenvalue weighted by Crippen LogP contribution is 2.22. The van der Waals surface area contributed by atoms with Crippen LogP contribution in [0.1, 0.15) is 5.89 Å². The van der Waals surface area contributed by atoms with Crippen LogP contribution in [0.5, 0.6) is 0 Å². The van der Waals surface area contributed by atoms with Crippen LogP contribution in [0.3, 0.4) is 0 Å². The van der Waals surface area contributed by atoms with Crippen molar-refractivity contribution in [3.05, 3.63) is 54.2 Å². The van der Waals surface area contributed by atoms with Crippen molar-refractivity contribution in [2.45, 2.75) is 11.8 Å². The number of rotatable bonds is 3. The topological polar surface area (TPSA) is 72.2 Å². The first-order chi connectivity index (χ1) is 9.94. The van der Waals surface area contributed by atoms with E-state index in [4.69, 9.17) is 4.42 Å². The van der Waals surface area contributed by atoms with Crippen LogP contribution in [0.25, 0.3) is 11.1 Å². The van der Waals surface area contributed by atoms with Crippen LogP contribution < -0.4 is 4.72 Å². The van der Waals surface area contributed by atoms with Crippen LogP contribution in [0, 0.1) is 12.7 Å². The van der Waals surface area contributed by atoms with Crippen molar-refractivity contribution in [2.75, 3.05) is 4.72 Å². The number of hydrogen-bond acceptors (Lipinski definition) is 4. The summed E-state index contributed by atoms with van der Waals surface area (Å²) in [4.78, 5) is 4.16. The standard InChI is InChI=1S/C14H11FN2O3S/c1-9-16-13-7-6-12(8-14(13)20-9)21(18,19)17-11-4-2-10(15)3-5-11/h2-8,17H,1H3. The van der Waals surface area contributed by atoms with Gasteiger partial charge in [-0.25, -0.2) is 17.8 Å². The summed E-state index contributed by atoms with van der Waals surface area (Å²) in [6, 6.07) is 9.48. The molecule has 3 rings (SSSR count). The smallest absolute Gasteiger partial charge is 0.262 e. The molecule has 1 N–H and O–H groups in total. The maximum absolute atomic E-state index is 12.8. The number of halogens is 1. The summed E-state index contributed by atoms with van der Waals surface area (Å²) in [5, 5.41) is 0. The number of sulfonamides is 1. The van der Waals surface area contributed by atoms with Gasteiger partial charge in [0.1, 0.15) is 11.3 Å². The number of aromatic nitrogens is 1. The van der Waals surface area contributed by atoms with Crippen molar-refractivity contribution in [3.63, 3.8) is 0 Å². The van der Waals surface area contributed by atoms with E-state index in [1.165, 1.54) is 36.4 Å². The Morgan fingerprint density at radius 2 is 1.86 bits per heavy atom. The Hall–Kier alpha value is -2.41. The SMILES string of the molecule is Cc1nc2ccc(S(=O)(=O)Nc3ccc(F)cc3)cc2o1. The zero-order valence-corrected chi connectivity index (χ0v) is 11.8. The number of anilines is 1. The van der Waals surface area contributed by atoms with E-state index in [0.717, 1.165) is 0 Å². The lowest BCUT2D eigenvalue weighted by molar-refractivity contribution is 0.559. The lowest BCUT2D eigenvalue weighted by atomic mass is 10.3. The number of aryl methyl sites for hydroxylation is 1. The Morgan fingerprint density at radius 3 is 2.57 bits per heavy atom. The van der Waals surface area contributed by atoms with E-state index in [-0.39, 0.29) is 10.6 Å². The van der Waals surface area contributed by atoms with Crippen molar-refractivity contribution < 1.29 is 17.2 Å².